The molecule has 0 amide bonds. The van der Waals surface area contributed by atoms with E-state index in [2.05, 4.69) is 160 Å². The molecular weight excluding hydrogens is 639 g/mol. The van der Waals surface area contributed by atoms with Gasteiger partial charge >= 0.3 is 0 Å². The van der Waals surface area contributed by atoms with E-state index in [-0.39, 0.29) is 16.2 Å². The van der Waals surface area contributed by atoms with Crippen molar-refractivity contribution in [1.29, 1.82) is 0 Å². The lowest BCUT2D eigenvalue weighted by Gasteiger charge is -2.76. The van der Waals surface area contributed by atoms with Crippen LogP contribution in [0.1, 0.15) is 88.5 Å². The molecule has 0 heterocycles. The van der Waals surface area contributed by atoms with Gasteiger partial charge in [-0.3, -0.25) is 0 Å². The Hall–Kier alpha value is -4.62. The molecule has 53 heavy (non-hydrogen) atoms. The van der Waals surface area contributed by atoms with Crippen LogP contribution in [-0.2, 0) is 16.2 Å². The molecule has 6 aromatic rings. The molecule has 6 aromatic carbocycles. The van der Waals surface area contributed by atoms with Crippen molar-refractivity contribution in [3.8, 4) is 22.3 Å². The Morgan fingerprint density at radius 1 is 0.547 bits per heavy atom. The average Bonchev–Trinajstić information content (AvgIpc) is 3.81. The second-order valence-corrected chi connectivity index (χ2v) is 19.2. The van der Waals surface area contributed by atoms with Crippen molar-refractivity contribution < 1.29 is 0 Å². The number of anilines is 3. The van der Waals surface area contributed by atoms with Gasteiger partial charge in [-0.2, -0.15) is 0 Å². The van der Waals surface area contributed by atoms with Crippen LogP contribution in [0.15, 0.2) is 127 Å². The van der Waals surface area contributed by atoms with E-state index in [1.807, 2.05) is 0 Å². The van der Waals surface area contributed by atoms with Gasteiger partial charge in [0, 0.05) is 16.8 Å². The second kappa shape index (κ2) is 10.1. The maximum Gasteiger partial charge on any atom is 0.0502 e. The quantitative estimate of drug-likeness (QED) is 0.178. The highest BCUT2D eigenvalue weighted by molar-refractivity contribution is 5.97. The summed E-state index contributed by atoms with van der Waals surface area (Å²) in [5.74, 6) is 3.62. The minimum Gasteiger partial charge on any atom is -0.310 e. The third kappa shape index (κ3) is 3.70. The van der Waals surface area contributed by atoms with Gasteiger partial charge in [0.2, 0.25) is 0 Å². The summed E-state index contributed by atoms with van der Waals surface area (Å²) in [6.07, 6.45) is 8.30. The fourth-order valence-corrected chi connectivity index (χ4v) is 14.0. The molecule has 12 rings (SSSR count). The highest BCUT2D eigenvalue weighted by Gasteiger charge is 2.84. The van der Waals surface area contributed by atoms with Crippen LogP contribution in [0.2, 0.25) is 0 Å². The van der Waals surface area contributed by atoms with Gasteiger partial charge in [-0.1, -0.05) is 125 Å². The van der Waals surface area contributed by atoms with Crippen molar-refractivity contribution >= 4 is 27.8 Å². The van der Waals surface area contributed by atoms with Crippen molar-refractivity contribution in [2.45, 2.75) is 82.5 Å². The maximum absolute atomic E-state index is 2.61. The summed E-state index contributed by atoms with van der Waals surface area (Å²) in [6.45, 7) is 9.85. The van der Waals surface area contributed by atoms with Gasteiger partial charge in [0.25, 0.3) is 0 Å². The first kappa shape index (κ1) is 30.8. The second-order valence-electron chi connectivity index (χ2n) is 19.2. The lowest BCUT2D eigenvalue weighted by molar-refractivity contribution is -0.231. The van der Waals surface area contributed by atoms with Crippen molar-refractivity contribution in [3.63, 3.8) is 0 Å². The third-order valence-electron chi connectivity index (χ3n) is 16.2. The predicted octanol–water partition coefficient (Wildman–Crippen LogP) is 13.7. The van der Waals surface area contributed by atoms with Gasteiger partial charge in [-0.05, 0) is 164 Å². The molecule has 1 nitrogen and oxygen atoms in total. The predicted molar refractivity (Wildman–Crippen MR) is 220 cm³/mol. The fraction of sp³-hybridized carbons (Fsp3) is 0.346. The van der Waals surface area contributed by atoms with Crippen molar-refractivity contribution in [2.24, 2.45) is 29.1 Å². The minimum atomic E-state index is 0.0682. The molecule has 0 saturated heterocycles. The van der Waals surface area contributed by atoms with E-state index in [4.69, 9.17) is 0 Å². The van der Waals surface area contributed by atoms with Gasteiger partial charge in [0.05, 0.1) is 5.69 Å². The molecule has 2 bridgehead atoms. The largest absolute Gasteiger partial charge is 0.310 e. The van der Waals surface area contributed by atoms with Crippen molar-refractivity contribution in [3.05, 3.63) is 150 Å². The van der Waals surface area contributed by atoms with Crippen LogP contribution in [0.25, 0.3) is 33.0 Å². The van der Waals surface area contributed by atoms with Gasteiger partial charge in [-0.15, -0.1) is 0 Å². The van der Waals surface area contributed by atoms with Crippen LogP contribution in [-0.4, -0.2) is 0 Å². The monoisotopic (exact) mass is 687 g/mol. The first-order valence-corrected chi connectivity index (χ1v) is 20.5. The van der Waals surface area contributed by atoms with Crippen LogP contribution < -0.4 is 4.90 Å². The van der Waals surface area contributed by atoms with Crippen molar-refractivity contribution in [1.82, 2.24) is 0 Å². The van der Waals surface area contributed by atoms with E-state index in [1.54, 1.807) is 11.1 Å². The average molecular weight is 688 g/mol. The topological polar surface area (TPSA) is 3.24 Å². The van der Waals surface area contributed by atoms with Crippen LogP contribution in [0.5, 0.6) is 0 Å². The third-order valence-corrected chi connectivity index (χ3v) is 16.2. The van der Waals surface area contributed by atoms with Gasteiger partial charge in [-0.25, -0.2) is 0 Å². The zero-order valence-electron chi connectivity index (χ0n) is 31.6. The highest BCUT2D eigenvalue weighted by atomic mass is 15.1. The Kier molecular flexibility index (Phi) is 5.88. The van der Waals surface area contributed by atoms with Crippen LogP contribution >= 0.6 is 0 Å². The van der Waals surface area contributed by atoms with E-state index >= 15 is 0 Å². The van der Waals surface area contributed by atoms with E-state index in [0.29, 0.717) is 5.41 Å². The number of fused-ring (bicyclic) bond motifs is 10. The first-order valence-electron chi connectivity index (χ1n) is 20.5. The zero-order valence-corrected chi connectivity index (χ0v) is 31.6. The molecule has 0 aliphatic heterocycles. The summed E-state index contributed by atoms with van der Waals surface area (Å²) >= 11 is 0. The summed E-state index contributed by atoms with van der Waals surface area (Å²) in [6, 6.07) is 49.3. The molecule has 2 spiro atoms. The molecule has 6 aliphatic carbocycles. The molecule has 1 heteroatoms. The molecule has 0 N–H and O–H groups in total. The SMILES string of the molecule is CC1(C)CCC(C)(C)c2c(N(c3ccc(-c4cccc5ccccc45)cc3)c3ccc4c(c3)-c3ccccc3C43C4CC5CC6CC3C64C5)cccc21. The lowest BCUT2D eigenvalue weighted by atomic mass is 9.27. The summed E-state index contributed by atoms with van der Waals surface area (Å²) in [7, 11) is 0. The van der Waals surface area contributed by atoms with E-state index in [0.717, 1.165) is 23.7 Å². The van der Waals surface area contributed by atoms with Gasteiger partial charge in [0.1, 0.15) is 0 Å². The molecule has 0 aromatic heterocycles. The smallest absolute Gasteiger partial charge is 0.0502 e. The Balaban J connectivity index is 1.05. The highest BCUT2D eigenvalue weighted by Crippen LogP contribution is 2.89. The van der Waals surface area contributed by atoms with E-state index < -0.39 is 0 Å². The molecular formula is C52H49N. The van der Waals surface area contributed by atoms with Crippen LogP contribution in [0.4, 0.5) is 17.1 Å². The minimum absolute atomic E-state index is 0.0682. The van der Waals surface area contributed by atoms with Gasteiger partial charge < -0.3 is 4.90 Å². The molecule has 6 aliphatic rings. The first-order chi connectivity index (χ1) is 25.7. The van der Waals surface area contributed by atoms with Gasteiger partial charge in [0.15, 0.2) is 0 Å². The zero-order chi connectivity index (χ0) is 35.5. The Morgan fingerprint density at radius 2 is 1.23 bits per heavy atom. The normalized spacial score (nSPS) is 29.9. The number of hydrogen-bond donors (Lipinski definition) is 0. The molecule has 262 valence electrons. The number of benzene rings is 6. The Bertz CT molecular complexity index is 2510. The molecule has 4 fully saturated rings. The standard InChI is InChI=1S/C52H49N/c1-49(2)25-26-50(3,4)48-44(49)17-10-18-45(48)53(36-21-19-34(20-22-36)39-15-9-12-33-11-5-6-13-38(33)39)37-23-24-43-41(30-37)40-14-7-8-16-42(40)52(43)46-28-32-27-35-29-47(52)51(35,46)31-32/h5-24,30,32,35,46-47H,25-29,31H2,1-4H3. The Morgan fingerprint density at radius 3 is 2.09 bits per heavy atom. The molecule has 6 atom stereocenters. The fourth-order valence-electron chi connectivity index (χ4n) is 14.0. The molecule has 0 radical (unpaired) electrons. The summed E-state index contributed by atoms with van der Waals surface area (Å²) < 4.78 is 0. The number of nitrogens with zero attached hydrogens (tertiary/aromatic N) is 1. The summed E-state index contributed by atoms with van der Waals surface area (Å²) in [4.78, 5) is 2.61. The molecule has 4 saturated carbocycles. The number of rotatable bonds is 4. The summed E-state index contributed by atoms with van der Waals surface area (Å²) in [5, 5.41) is 2.59. The van der Waals surface area contributed by atoms with Crippen molar-refractivity contribution in [2.75, 3.05) is 4.90 Å². The number of hydrogen-bond acceptors (Lipinski definition) is 1. The van der Waals surface area contributed by atoms with E-state index in [1.165, 1.54) is 99.7 Å². The van der Waals surface area contributed by atoms with Crippen LogP contribution in [0, 0.1) is 29.1 Å². The van der Waals surface area contributed by atoms with E-state index in [9.17, 15) is 0 Å². The lowest BCUT2D eigenvalue weighted by Crippen LogP contribution is -2.73. The van der Waals surface area contributed by atoms with Crippen LogP contribution in [0.3, 0.4) is 0 Å². The Labute approximate surface area is 315 Å². The molecule has 6 unspecified atom stereocenters. The maximum atomic E-state index is 2.61. The summed E-state index contributed by atoms with van der Waals surface area (Å²) in [5.41, 5.74) is 16.7.